The number of halogens is 1. The van der Waals surface area contributed by atoms with Crippen molar-refractivity contribution in [1.82, 2.24) is 4.90 Å². The Bertz CT molecular complexity index is 386. The first-order valence-electron chi connectivity index (χ1n) is 7.69. The molecule has 1 heterocycles. The largest absolute Gasteiger partial charge is 0.370 e. The molecule has 0 N–H and O–H groups in total. The fraction of sp³-hybridized carbons (Fsp3) is 0.933. The molecule has 0 aromatic heterocycles. The molecule has 4 heteroatoms. The van der Waals surface area contributed by atoms with Crippen LogP contribution in [0.15, 0.2) is 0 Å². The first-order valence-corrected chi connectivity index (χ1v) is 8.22. The summed E-state index contributed by atoms with van der Waals surface area (Å²) in [6.45, 7) is 3.48. The lowest BCUT2D eigenvalue weighted by Gasteiger charge is -2.36. The molecule has 0 spiro atoms. The molecule has 6 atom stereocenters. The minimum atomic E-state index is 0.0182. The lowest BCUT2D eigenvalue weighted by atomic mass is 10.0. The maximum Gasteiger partial charge on any atom is 0.226 e. The van der Waals surface area contributed by atoms with E-state index in [1.54, 1.807) is 0 Å². The van der Waals surface area contributed by atoms with Crippen LogP contribution in [0, 0.1) is 29.6 Å². The Morgan fingerprint density at radius 3 is 2.58 bits per heavy atom. The van der Waals surface area contributed by atoms with Gasteiger partial charge in [-0.1, -0.05) is 0 Å². The van der Waals surface area contributed by atoms with Crippen molar-refractivity contribution in [2.75, 3.05) is 19.0 Å². The maximum absolute atomic E-state index is 12.7. The minimum absolute atomic E-state index is 0.0182. The van der Waals surface area contributed by atoms with Gasteiger partial charge in [-0.3, -0.25) is 4.79 Å². The van der Waals surface area contributed by atoms with Gasteiger partial charge in [-0.25, -0.2) is 0 Å². The van der Waals surface area contributed by atoms with Crippen LogP contribution in [-0.2, 0) is 9.53 Å². The van der Waals surface area contributed by atoms with Crippen LogP contribution in [-0.4, -0.2) is 42.0 Å². The Morgan fingerprint density at radius 2 is 1.95 bits per heavy atom. The topological polar surface area (TPSA) is 29.5 Å². The summed E-state index contributed by atoms with van der Waals surface area (Å²) in [7, 11) is 0. The molecule has 6 unspecified atom stereocenters. The van der Waals surface area contributed by atoms with Gasteiger partial charge in [0.2, 0.25) is 5.91 Å². The van der Waals surface area contributed by atoms with E-state index in [-0.39, 0.29) is 12.2 Å². The van der Waals surface area contributed by atoms with Crippen molar-refractivity contribution in [2.24, 2.45) is 29.6 Å². The van der Waals surface area contributed by atoms with Gasteiger partial charge in [0.05, 0.1) is 18.1 Å². The average Bonchev–Trinajstić information content (AvgIpc) is 2.84. The highest BCUT2D eigenvalue weighted by Gasteiger charge is 2.68. The Hall–Kier alpha value is -0.280. The highest BCUT2D eigenvalue weighted by molar-refractivity contribution is 6.18. The lowest BCUT2D eigenvalue weighted by molar-refractivity contribution is -0.145. The van der Waals surface area contributed by atoms with Crippen LogP contribution in [0.1, 0.15) is 26.2 Å². The molecule has 3 aliphatic carbocycles. The summed E-state index contributed by atoms with van der Waals surface area (Å²) in [6, 6.07) is 0. The van der Waals surface area contributed by atoms with Crippen LogP contribution < -0.4 is 0 Å². The smallest absolute Gasteiger partial charge is 0.226 e. The molecule has 4 rings (SSSR count). The zero-order chi connectivity index (χ0) is 13.1. The highest BCUT2D eigenvalue weighted by atomic mass is 35.5. The van der Waals surface area contributed by atoms with Crippen molar-refractivity contribution in [3.05, 3.63) is 0 Å². The van der Waals surface area contributed by atoms with E-state index in [1.807, 2.05) is 11.8 Å². The molecule has 4 aliphatic rings. The fourth-order valence-corrected chi connectivity index (χ4v) is 5.35. The van der Waals surface area contributed by atoms with E-state index in [2.05, 4.69) is 0 Å². The van der Waals surface area contributed by atoms with Gasteiger partial charge in [0, 0.05) is 19.0 Å². The van der Waals surface area contributed by atoms with Crippen molar-refractivity contribution in [3.63, 3.8) is 0 Å². The molecule has 3 nitrogen and oxygen atoms in total. The van der Waals surface area contributed by atoms with Gasteiger partial charge in [-0.15, -0.1) is 11.6 Å². The van der Waals surface area contributed by atoms with Crippen LogP contribution in [0.5, 0.6) is 0 Å². The van der Waals surface area contributed by atoms with Crippen molar-refractivity contribution in [3.8, 4) is 0 Å². The van der Waals surface area contributed by atoms with Crippen LogP contribution in [0.25, 0.3) is 0 Å². The molecule has 0 radical (unpaired) electrons. The van der Waals surface area contributed by atoms with Crippen LogP contribution in [0.4, 0.5) is 0 Å². The summed E-state index contributed by atoms with van der Waals surface area (Å²) in [5.74, 6) is 4.44. The number of rotatable bonds is 2. The van der Waals surface area contributed by atoms with E-state index >= 15 is 0 Å². The third-order valence-electron chi connectivity index (χ3n) is 5.83. The molecule has 1 amide bonds. The number of morpholine rings is 1. The molecule has 0 aromatic rings. The maximum atomic E-state index is 12.7. The second-order valence-corrected chi connectivity index (χ2v) is 7.29. The van der Waals surface area contributed by atoms with Gasteiger partial charge < -0.3 is 9.64 Å². The molecule has 1 saturated heterocycles. The Labute approximate surface area is 119 Å². The van der Waals surface area contributed by atoms with E-state index in [0.29, 0.717) is 24.2 Å². The first kappa shape index (κ1) is 12.5. The molecule has 19 heavy (non-hydrogen) atoms. The normalized spacial score (nSPS) is 51.3. The van der Waals surface area contributed by atoms with E-state index < -0.39 is 0 Å². The molecular weight excluding hydrogens is 262 g/mol. The van der Waals surface area contributed by atoms with E-state index in [9.17, 15) is 4.79 Å². The summed E-state index contributed by atoms with van der Waals surface area (Å²) < 4.78 is 5.74. The summed E-state index contributed by atoms with van der Waals surface area (Å²) >= 11 is 5.90. The second kappa shape index (κ2) is 4.36. The predicted octanol–water partition coefficient (Wildman–Crippen LogP) is 2.13. The number of carbonyl (C=O) groups excluding carboxylic acids is 1. The minimum Gasteiger partial charge on any atom is -0.370 e. The van der Waals surface area contributed by atoms with Gasteiger partial charge in [0.25, 0.3) is 0 Å². The van der Waals surface area contributed by atoms with Gasteiger partial charge >= 0.3 is 0 Å². The van der Waals surface area contributed by atoms with Crippen LogP contribution >= 0.6 is 11.6 Å². The standard InChI is InChI=1S/C15H22ClNO2/c1-8-6-17(7-11(5-16)19-8)15(18)14-12-9-2-3-10(4-9)13(12)14/h8-14H,2-7H2,1H3. The number of alkyl halides is 1. The first-order chi connectivity index (χ1) is 9.19. The van der Waals surface area contributed by atoms with E-state index in [0.717, 1.165) is 30.2 Å². The number of amides is 1. The number of ether oxygens (including phenoxy) is 1. The Kier molecular flexibility index (Phi) is 2.86. The molecule has 106 valence electrons. The number of fused-ring (bicyclic) bond motifs is 5. The molecule has 3 saturated carbocycles. The molecule has 4 fully saturated rings. The molecule has 2 bridgehead atoms. The zero-order valence-corrected chi connectivity index (χ0v) is 12.2. The quantitative estimate of drug-likeness (QED) is 0.727. The van der Waals surface area contributed by atoms with Gasteiger partial charge in [0.15, 0.2) is 0 Å². The summed E-state index contributed by atoms with van der Waals surface area (Å²) in [6.07, 6.45) is 4.29. The third kappa shape index (κ3) is 1.84. The van der Waals surface area contributed by atoms with Crippen molar-refractivity contribution < 1.29 is 9.53 Å². The average molecular weight is 284 g/mol. The lowest BCUT2D eigenvalue weighted by Crippen LogP contribution is -2.50. The zero-order valence-electron chi connectivity index (χ0n) is 11.4. The van der Waals surface area contributed by atoms with Gasteiger partial charge in [-0.2, -0.15) is 0 Å². The number of hydrogen-bond donors (Lipinski definition) is 0. The highest BCUT2D eigenvalue weighted by Crippen LogP contribution is 2.69. The van der Waals surface area contributed by atoms with Crippen molar-refractivity contribution >= 4 is 17.5 Å². The molecule has 1 aliphatic heterocycles. The summed E-state index contributed by atoms with van der Waals surface area (Å²) in [4.78, 5) is 14.8. The van der Waals surface area contributed by atoms with E-state index in [4.69, 9.17) is 16.3 Å². The van der Waals surface area contributed by atoms with E-state index in [1.165, 1.54) is 19.3 Å². The Balaban J connectivity index is 1.44. The monoisotopic (exact) mass is 283 g/mol. The van der Waals surface area contributed by atoms with Crippen molar-refractivity contribution in [2.45, 2.75) is 38.4 Å². The van der Waals surface area contributed by atoms with Crippen LogP contribution in [0.3, 0.4) is 0 Å². The number of carbonyl (C=O) groups is 1. The predicted molar refractivity (Wildman–Crippen MR) is 72.9 cm³/mol. The summed E-state index contributed by atoms with van der Waals surface area (Å²) in [5.41, 5.74) is 0. The number of hydrogen-bond acceptors (Lipinski definition) is 2. The fourth-order valence-electron chi connectivity index (χ4n) is 5.18. The van der Waals surface area contributed by atoms with Gasteiger partial charge in [-0.05, 0) is 49.9 Å². The second-order valence-electron chi connectivity index (χ2n) is 6.98. The Morgan fingerprint density at radius 1 is 1.26 bits per heavy atom. The summed E-state index contributed by atoms with van der Waals surface area (Å²) in [5, 5.41) is 0. The SMILES string of the molecule is CC1CN(C(=O)C2C3C4CCC(C4)C23)CC(CCl)O1. The molecular formula is C15H22ClNO2. The molecule has 0 aromatic carbocycles. The van der Waals surface area contributed by atoms with Gasteiger partial charge in [0.1, 0.15) is 0 Å². The number of nitrogens with zero attached hydrogens (tertiary/aromatic N) is 1. The van der Waals surface area contributed by atoms with Crippen molar-refractivity contribution in [1.29, 1.82) is 0 Å². The third-order valence-corrected chi connectivity index (χ3v) is 6.17. The van der Waals surface area contributed by atoms with Crippen LogP contribution in [0.2, 0.25) is 0 Å².